The molecule has 0 saturated carbocycles. The van der Waals surface area contributed by atoms with Gasteiger partial charge in [0, 0.05) is 77.3 Å². The molecule has 6 nitrogen and oxygen atoms in total. The predicted molar refractivity (Wildman–Crippen MR) is 121 cm³/mol. The molecular formula is C23H22FN3O3S. The minimum Gasteiger partial charge on any atom is -0.496 e. The third-order valence-corrected chi connectivity index (χ3v) is 5.96. The fourth-order valence-electron chi connectivity index (χ4n) is 3.74. The number of ether oxygens (including phenoxy) is 1. The highest BCUT2D eigenvalue weighted by molar-refractivity contribution is 7.83. The summed E-state index contributed by atoms with van der Waals surface area (Å²) in [7, 11) is 3.79. The number of aryl methyl sites for hydroxylation is 2. The molecule has 8 heteroatoms. The molecule has 4 aromatic rings. The van der Waals surface area contributed by atoms with E-state index in [0.29, 0.717) is 22.3 Å². The van der Waals surface area contributed by atoms with Crippen LogP contribution in [0.15, 0.2) is 53.7 Å². The van der Waals surface area contributed by atoms with Crippen molar-refractivity contribution in [2.24, 2.45) is 14.1 Å². The molecule has 0 spiro atoms. The van der Waals surface area contributed by atoms with E-state index in [4.69, 9.17) is 4.74 Å². The Morgan fingerprint density at radius 2 is 1.84 bits per heavy atom. The van der Waals surface area contributed by atoms with Gasteiger partial charge in [0.2, 0.25) is 0 Å². The zero-order valence-corrected chi connectivity index (χ0v) is 18.5. The zero-order chi connectivity index (χ0) is 22.3. The van der Waals surface area contributed by atoms with Crippen molar-refractivity contribution in [3.63, 3.8) is 0 Å². The smallest absolute Gasteiger partial charge is 0.258 e. The van der Waals surface area contributed by atoms with Crippen molar-refractivity contribution in [3.05, 3.63) is 70.7 Å². The average molecular weight is 440 g/mol. The van der Waals surface area contributed by atoms with Crippen molar-refractivity contribution in [1.29, 1.82) is 0 Å². The van der Waals surface area contributed by atoms with Crippen molar-refractivity contribution in [2.75, 3.05) is 13.4 Å². The maximum absolute atomic E-state index is 14.6. The van der Waals surface area contributed by atoms with E-state index in [1.165, 1.54) is 24.0 Å². The lowest BCUT2D eigenvalue weighted by Gasteiger charge is -2.15. The Balaban J connectivity index is 2.04. The first-order valence-electron chi connectivity index (χ1n) is 9.57. The molecule has 1 atom stereocenters. The second kappa shape index (κ2) is 8.11. The largest absolute Gasteiger partial charge is 0.496 e. The van der Waals surface area contributed by atoms with Gasteiger partial charge in [0.1, 0.15) is 11.6 Å². The van der Waals surface area contributed by atoms with Gasteiger partial charge >= 0.3 is 0 Å². The first-order chi connectivity index (χ1) is 14.8. The number of rotatable bonds is 5. The molecule has 2 heterocycles. The molecule has 0 bridgehead atoms. The van der Waals surface area contributed by atoms with Crippen molar-refractivity contribution >= 4 is 21.6 Å². The van der Waals surface area contributed by atoms with Crippen molar-refractivity contribution in [3.8, 4) is 28.0 Å². The van der Waals surface area contributed by atoms with E-state index in [2.05, 4.69) is 5.10 Å². The van der Waals surface area contributed by atoms with Crippen molar-refractivity contribution < 1.29 is 13.3 Å². The predicted octanol–water partition coefficient (Wildman–Crippen LogP) is 3.63. The number of nitrogens with zero attached hydrogens (tertiary/aromatic N) is 3. The summed E-state index contributed by atoms with van der Waals surface area (Å²) >= 11 is 0. The Morgan fingerprint density at radius 1 is 1.06 bits per heavy atom. The molecule has 31 heavy (non-hydrogen) atoms. The standard InChI is InChI=1S/C23H22FN3O3S/c1-26-12-20(19-8-15(13-31(4)29)21(24)9-22(19)30-3)18-7-14(5-6-17(18)23(26)28)16-10-25-27(2)11-16/h5-12H,13H2,1-4H3. The van der Waals surface area contributed by atoms with Gasteiger partial charge in [-0.1, -0.05) is 6.07 Å². The monoisotopic (exact) mass is 439 g/mol. The Bertz CT molecular complexity index is 1390. The summed E-state index contributed by atoms with van der Waals surface area (Å²) in [5.74, 6) is -0.0381. The minimum atomic E-state index is -1.21. The fourth-order valence-corrected chi connectivity index (χ4v) is 4.40. The molecule has 160 valence electrons. The number of methoxy groups -OCH3 is 1. The van der Waals surface area contributed by atoms with Gasteiger partial charge in [-0.05, 0) is 29.1 Å². The van der Waals surface area contributed by atoms with Crippen molar-refractivity contribution in [1.82, 2.24) is 14.3 Å². The third kappa shape index (κ3) is 3.90. The van der Waals surface area contributed by atoms with Gasteiger partial charge in [0.25, 0.3) is 5.56 Å². The Labute approximate surface area is 181 Å². The third-order valence-electron chi connectivity index (χ3n) is 5.24. The number of fused-ring (bicyclic) bond motifs is 1. The SMILES string of the molecule is COc1cc(F)c(CS(C)=O)cc1-c1cn(C)c(=O)c2ccc(-c3cnn(C)c3)cc12. The highest BCUT2D eigenvalue weighted by Crippen LogP contribution is 2.37. The molecule has 0 amide bonds. The maximum Gasteiger partial charge on any atom is 0.258 e. The van der Waals surface area contributed by atoms with E-state index in [1.807, 2.05) is 25.4 Å². The number of halogens is 1. The highest BCUT2D eigenvalue weighted by Gasteiger charge is 2.18. The maximum atomic E-state index is 14.6. The molecule has 0 fully saturated rings. The normalized spacial score (nSPS) is 12.3. The van der Waals surface area contributed by atoms with Gasteiger partial charge in [-0.25, -0.2) is 4.39 Å². The first-order valence-corrected chi connectivity index (χ1v) is 11.3. The lowest BCUT2D eigenvalue weighted by atomic mass is 9.95. The van der Waals surface area contributed by atoms with Crippen LogP contribution in [0.5, 0.6) is 5.75 Å². The number of pyridine rings is 1. The van der Waals surface area contributed by atoms with Crippen LogP contribution in [0, 0.1) is 5.82 Å². The van der Waals surface area contributed by atoms with E-state index in [-0.39, 0.29) is 11.3 Å². The molecule has 2 aromatic carbocycles. The van der Waals surface area contributed by atoms with Crippen LogP contribution in [0.1, 0.15) is 5.56 Å². The van der Waals surface area contributed by atoms with Gasteiger partial charge in [0.15, 0.2) is 0 Å². The second-order valence-electron chi connectivity index (χ2n) is 7.48. The zero-order valence-electron chi connectivity index (χ0n) is 17.7. The molecule has 2 aromatic heterocycles. The van der Waals surface area contributed by atoms with E-state index >= 15 is 0 Å². The summed E-state index contributed by atoms with van der Waals surface area (Å²) in [6, 6.07) is 8.58. The summed E-state index contributed by atoms with van der Waals surface area (Å²) in [6.45, 7) is 0. The molecule has 0 saturated heterocycles. The molecule has 0 N–H and O–H groups in total. The molecule has 0 aliphatic heterocycles. The number of hydrogen-bond acceptors (Lipinski definition) is 4. The quantitative estimate of drug-likeness (QED) is 0.476. The minimum absolute atomic E-state index is 0.0907. The Kier molecular flexibility index (Phi) is 5.49. The van der Waals surface area contributed by atoms with E-state index in [1.54, 1.807) is 36.3 Å². The van der Waals surface area contributed by atoms with Gasteiger partial charge in [-0.3, -0.25) is 13.7 Å². The summed E-state index contributed by atoms with van der Waals surface area (Å²) in [5.41, 5.74) is 3.39. The van der Waals surface area contributed by atoms with Gasteiger partial charge in [0.05, 0.1) is 19.1 Å². The second-order valence-corrected chi connectivity index (χ2v) is 8.92. The summed E-state index contributed by atoms with van der Waals surface area (Å²) in [4.78, 5) is 12.8. The van der Waals surface area contributed by atoms with Crippen molar-refractivity contribution in [2.45, 2.75) is 5.75 Å². The first kappa shape index (κ1) is 21.0. The van der Waals surface area contributed by atoms with Gasteiger partial charge < -0.3 is 9.30 Å². The van der Waals surface area contributed by atoms with Crippen LogP contribution < -0.4 is 10.3 Å². The number of hydrogen-bond donors (Lipinski definition) is 0. The fraction of sp³-hybridized carbons (Fsp3) is 0.217. The molecule has 0 radical (unpaired) electrons. The van der Waals surface area contributed by atoms with Crippen LogP contribution in [0.2, 0.25) is 0 Å². The molecule has 0 aliphatic carbocycles. The van der Waals surface area contributed by atoms with E-state index in [0.717, 1.165) is 22.1 Å². The van der Waals surface area contributed by atoms with Gasteiger partial charge in [-0.15, -0.1) is 0 Å². The van der Waals surface area contributed by atoms with Crippen LogP contribution in [0.3, 0.4) is 0 Å². The van der Waals surface area contributed by atoms with Crippen LogP contribution in [-0.4, -0.2) is 31.9 Å². The highest BCUT2D eigenvalue weighted by atomic mass is 32.2. The lowest BCUT2D eigenvalue weighted by Crippen LogP contribution is -2.16. The topological polar surface area (TPSA) is 66.1 Å². The summed E-state index contributed by atoms with van der Waals surface area (Å²) < 4.78 is 35.0. The van der Waals surface area contributed by atoms with E-state index < -0.39 is 16.6 Å². The van der Waals surface area contributed by atoms with Crippen LogP contribution in [0.25, 0.3) is 33.0 Å². The molecule has 0 aliphatic rings. The lowest BCUT2D eigenvalue weighted by molar-refractivity contribution is 0.412. The Hall–Kier alpha value is -3.26. The van der Waals surface area contributed by atoms with Crippen LogP contribution >= 0.6 is 0 Å². The molecule has 4 rings (SSSR count). The average Bonchev–Trinajstić information content (AvgIpc) is 3.17. The Morgan fingerprint density at radius 3 is 2.48 bits per heavy atom. The number of benzene rings is 2. The van der Waals surface area contributed by atoms with Crippen LogP contribution in [0.4, 0.5) is 4.39 Å². The van der Waals surface area contributed by atoms with Gasteiger partial charge in [-0.2, -0.15) is 5.10 Å². The van der Waals surface area contributed by atoms with E-state index in [9.17, 15) is 13.4 Å². The molecular weight excluding hydrogens is 417 g/mol. The van der Waals surface area contributed by atoms with Crippen LogP contribution in [-0.2, 0) is 30.6 Å². The number of aromatic nitrogens is 3. The summed E-state index contributed by atoms with van der Waals surface area (Å²) in [5, 5.41) is 5.48. The summed E-state index contributed by atoms with van der Waals surface area (Å²) in [6.07, 6.45) is 6.91. The molecule has 1 unspecified atom stereocenters.